The first-order chi connectivity index (χ1) is 9.45. The molecule has 0 aliphatic rings. The second-order valence-electron chi connectivity index (χ2n) is 4.38. The number of ether oxygens (including phenoxy) is 1. The summed E-state index contributed by atoms with van der Waals surface area (Å²) in [4.78, 5) is 0. The second kappa shape index (κ2) is 6.24. The third-order valence-electron chi connectivity index (χ3n) is 3.08. The molecule has 0 aromatic heterocycles. The molecule has 0 heterocycles. The molecule has 1 atom stereocenters. The number of benzene rings is 2. The zero-order valence-electron chi connectivity index (χ0n) is 11.0. The van der Waals surface area contributed by atoms with Gasteiger partial charge in [0.25, 0.3) is 0 Å². The Morgan fingerprint density at radius 2 is 1.90 bits per heavy atom. The lowest BCUT2D eigenvalue weighted by atomic mass is 9.99. The van der Waals surface area contributed by atoms with Gasteiger partial charge >= 0.3 is 0 Å². The zero-order valence-corrected chi connectivity index (χ0v) is 14.1. The Balaban J connectivity index is 2.57. The van der Waals surface area contributed by atoms with Crippen LogP contribution in [0.3, 0.4) is 0 Å². The zero-order chi connectivity index (χ0) is 14.9. The maximum absolute atomic E-state index is 14.0. The Morgan fingerprint density at radius 1 is 1.20 bits per heavy atom. The average Bonchev–Trinajstić information content (AvgIpc) is 2.41. The highest BCUT2D eigenvalue weighted by molar-refractivity contribution is 9.11. The van der Waals surface area contributed by atoms with E-state index in [0.717, 1.165) is 14.5 Å². The highest BCUT2D eigenvalue weighted by atomic mass is 79.9. The molecule has 0 fully saturated rings. The molecule has 0 amide bonds. The quantitative estimate of drug-likeness (QED) is 0.801. The van der Waals surface area contributed by atoms with Crippen molar-refractivity contribution in [3.63, 3.8) is 0 Å². The van der Waals surface area contributed by atoms with Crippen molar-refractivity contribution in [3.8, 4) is 5.75 Å². The minimum Gasteiger partial charge on any atom is -0.496 e. The van der Waals surface area contributed by atoms with Crippen LogP contribution in [0.5, 0.6) is 5.75 Å². The van der Waals surface area contributed by atoms with Gasteiger partial charge in [-0.15, -0.1) is 0 Å². The van der Waals surface area contributed by atoms with Crippen LogP contribution in [-0.2, 0) is 0 Å². The first-order valence-electron chi connectivity index (χ1n) is 5.91. The molecule has 1 N–H and O–H groups in total. The lowest BCUT2D eigenvalue weighted by molar-refractivity contribution is 0.208. The van der Waals surface area contributed by atoms with Crippen molar-refractivity contribution >= 4 is 31.9 Å². The average molecular weight is 404 g/mol. The maximum atomic E-state index is 14.0. The van der Waals surface area contributed by atoms with Gasteiger partial charge in [-0.25, -0.2) is 4.39 Å². The van der Waals surface area contributed by atoms with Crippen LogP contribution >= 0.6 is 31.9 Å². The largest absolute Gasteiger partial charge is 0.496 e. The number of halogens is 3. The van der Waals surface area contributed by atoms with E-state index < -0.39 is 11.9 Å². The number of hydrogen-bond donors (Lipinski definition) is 1. The van der Waals surface area contributed by atoms with E-state index in [2.05, 4.69) is 31.9 Å². The van der Waals surface area contributed by atoms with Crippen molar-refractivity contribution in [3.05, 3.63) is 61.8 Å². The van der Waals surface area contributed by atoms with Gasteiger partial charge in [-0.2, -0.15) is 0 Å². The first kappa shape index (κ1) is 15.5. The van der Waals surface area contributed by atoms with Crippen molar-refractivity contribution in [2.45, 2.75) is 13.0 Å². The van der Waals surface area contributed by atoms with Crippen LogP contribution in [0.15, 0.2) is 39.3 Å². The summed E-state index contributed by atoms with van der Waals surface area (Å²) in [6.45, 7) is 1.94. The van der Waals surface area contributed by atoms with E-state index in [1.165, 1.54) is 13.2 Å². The highest BCUT2D eigenvalue weighted by Gasteiger charge is 2.22. The van der Waals surface area contributed by atoms with Crippen LogP contribution in [0.2, 0.25) is 0 Å². The molecule has 0 bridgehead atoms. The highest BCUT2D eigenvalue weighted by Crippen LogP contribution is 2.37. The van der Waals surface area contributed by atoms with Crippen LogP contribution < -0.4 is 4.74 Å². The van der Waals surface area contributed by atoms with Crippen LogP contribution in [0, 0.1) is 12.7 Å². The van der Waals surface area contributed by atoms with Gasteiger partial charge in [0.05, 0.1) is 12.7 Å². The molecule has 0 radical (unpaired) electrons. The normalized spacial score (nSPS) is 12.3. The Morgan fingerprint density at radius 3 is 2.55 bits per heavy atom. The predicted octanol–water partition coefficient (Wildman–Crippen LogP) is 4.75. The predicted molar refractivity (Wildman–Crippen MR) is 83.6 cm³/mol. The summed E-state index contributed by atoms with van der Waals surface area (Å²) in [6.07, 6.45) is -1.11. The summed E-state index contributed by atoms with van der Waals surface area (Å²) < 4.78 is 20.7. The Bertz CT molecular complexity index is 644. The fraction of sp³-hybridized carbons (Fsp3) is 0.200. The summed E-state index contributed by atoms with van der Waals surface area (Å²) in [6, 6.07) is 8.12. The fourth-order valence-corrected chi connectivity index (χ4v) is 3.02. The van der Waals surface area contributed by atoms with Crippen LogP contribution in [0.1, 0.15) is 22.8 Å². The summed E-state index contributed by atoms with van der Waals surface area (Å²) in [5.41, 5.74) is 1.73. The maximum Gasteiger partial charge on any atom is 0.133 e. The van der Waals surface area contributed by atoms with E-state index in [4.69, 9.17) is 4.74 Å². The molecule has 5 heteroatoms. The van der Waals surface area contributed by atoms with Gasteiger partial charge in [-0.05, 0) is 36.8 Å². The van der Waals surface area contributed by atoms with Gasteiger partial charge in [0, 0.05) is 14.5 Å². The summed E-state index contributed by atoms with van der Waals surface area (Å²) >= 11 is 6.82. The van der Waals surface area contributed by atoms with E-state index >= 15 is 0 Å². The van der Waals surface area contributed by atoms with E-state index in [0.29, 0.717) is 11.3 Å². The van der Waals surface area contributed by atoms with Crippen molar-refractivity contribution < 1.29 is 14.2 Å². The molecular formula is C15H13Br2FO2. The minimum absolute atomic E-state index is 0.131. The monoisotopic (exact) mass is 402 g/mol. The van der Waals surface area contributed by atoms with Gasteiger partial charge in [-0.3, -0.25) is 0 Å². The smallest absolute Gasteiger partial charge is 0.133 e. The van der Waals surface area contributed by atoms with Crippen LogP contribution in [0.25, 0.3) is 0 Å². The molecule has 0 saturated carbocycles. The molecule has 2 nitrogen and oxygen atoms in total. The van der Waals surface area contributed by atoms with Crippen molar-refractivity contribution in [1.82, 2.24) is 0 Å². The van der Waals surface area contributed by atoms with E-state index in [1.54, 1.807) is 18.2 Å². The van der Waals surface area contributed by atoms with Gasteiger partial charge in [0.15, 0.2) is 0 Å². The molecular weight excluding hydrogens is 391 g/mol. The lowest BCUT2D eigenvalue weighted by Gasteiger charge is -2.18. The van der Waals surface area contributed by atoms with Gasteiger partial charge in [0.2, 0.25) is 0 Å². The lowest BCUT2D eigenvalue weighted by Crippen LogP contribution is -2.06. The number of aliphatic hydroxyl groups excluding tert-OH is 1. The molecule has 2 aromatic carbocycles. The van der Waals surface area contributed by atoms with E-state index in [1.807, 2.05) is 13.0 Å². The Hall–Kier alpha value is -0.910. The molecule has 0 aliphatic carbocycles. The first-order valence-corrected chi connectivity index (χ1v) is 7.50. The molecule has 2 aromatic rings. The van der Waals surface area contributed by atoms with Gasteiger partial charge < -0.3 is 9.84 Å². The molecule has 2 rings (SSSR count). The van der Waals surface area contributed by atoms with Gasteiger partial charge in [-0.1, -0.05) is 37.9 Å². The Kier molecular flexibility index (Phi) is 4.83. The van der Waals surface area contributed by atoms with Crippen LogP contribution in [-0.4, -0.2) is 12.2 Å². The molecule has 1 unspecified atom stereocenters. The van der Waals surface area contributed by atoms with Crippen molar-refractivity contribution in [2.75, 3.05) is 7.11 Å². The molecule has 0 aliphatic heterocycles. The summed E-state index contributed by atoms with van der Waals surface area (Å²) in [7, 11) is 1.45. The minimum atomic E-state index is -1.11. The van der Waals surface area contributed by atoms with Crippen LogP contribution in [0.4, 0.5) is 4.39 Å². The third kappa shape index (κ3) is 2.90. The summed E-state index contributed by atoms with van der Waals surface area (Å²) in [5, 5.41) is 10.5. The molecule has 0 saturated heterocycles. The molecule has 0 spiro atoms. The van der Waals surface area contributed by atoms with Crippen molar-refractivity contribution in [1.29, 1.82) is 0 Å². The number of methoxy groups -OCH3 is 1. The number of aryl methyl sites for hydroxylation is 1. The SMILES string of the molecule is COc1cccc(F)c1C(O)c1cc(Br)c(C)cc1Br. The topological polar surface area (TPSA) is 29.5 Å². The van der Waals surface area contributed by atoms with Gasteiger partial charge in [0.1, 0.15) is 17.7 Å². The molecule has 20 heavy (non-hydrogen) atoms. The standard InChI is InChI=1S/C15H13Br2FO2/c1-8-6-11(17)9(7-10(8)16)15(19)14-12(18)4-3-5-13(14)20-2/h3-7,15,19H,1-2H3. The number of aliphatic hydroxyl groups is 1. The Labute approximate surface area is 133 Å². The van der Waals surface area contributed by atoms with Crippen molar-refractivity contribution in [2.24, 2.45) is 0 Å². The van der Waals surface area contributed by atoms with E-state index in [-0.39, 0.29) is 5.56 Å². The molecule has 106 valence electrons. The summed E-state index contributed by atoms with van der Waals surface area (Å²) in [5.74, 6) is -0.179. The second-order valence-corrected chi connectivity index (χ2v) is 6.09. The fourth-order valence-electron chi connectivity index (χ4n) is 1.99. The van der Waals surface area contributed by atoms with E-state index in [9.17, 15) is 9.50 Å². The number of hydrogen-bond acceptors (Lipinski definition) is 2. The third-order valence-corrected chi connectivity index (χ3v) is 4.62. The number of rotatable bonds is 3.